The number of fused-ring (bicyclic) bond motifs is 1. The third kappa shape index (κ3) is 3.54. The Kier molecular flexibility index (Phi) is 4.94. The summed E-state index contributed by atoms with van der Waals surface area (Å²) in [4.78, 5) is 31.2. The molecule has 0 aliphatic carbocycles. The van der Waals surface area contributed by atoms with Gasteiger partial charge < -0.3 is 4.74 Å². The van der Waals surface area contributed by atoms with Gasteiger partial charge in [-0.3, -0.25) is 4.98 Å². The van der Waals surface area contributed by atoms with Gasteiger partial charge in [0.15, 0.2) is 10.8 Å². The fourth-order valence-corrected chi connectivity index (χ4v) is 3.57. The molecule has 0 saturated heterocycles. The van der Waals surface area contributed by atoms with Crippen LogP contribution in [-0.2, 0) is 10.5 Å². The summed E-state index contributed by atoms with van der Waals surface area (Å²) in [5.41, 5.74) is 3.42. The van der Waals surface area contributed by atoms with Crippen LogP contribution < -0.4 is 5.69 Å². The molecule has 0 spiro atoms. The number of carbonyl (C=O) groups is 1. The van der Waals surface area contributed by atoms with Gasteiger partial charge in [0.05, 0.1) is 18.9 Å². The number of H-pyrrole nitrogens is 1. The van der Waals surface area contributed by atoms with E-state index < -0.39 is 0 Å². The summed E-state index contributed by atoms with van der Waals surface area (Å²) < 4.78 is 5.96. The van der Waals surface area contributed by atoms with E-state index in [1.807, 2.05) is 42.5 Å². The molecule has 4 aromatic rings. The number of hydrogen-bond acceptors (Lipinski definition) is 6. The maximum absolute atomic E-state index is 12.3. The molecule has 0 aliphatic rings. The van der Waals surface area contributed by atoms with Gasteiger partial charge in [-0.25, -0.2) is 14.6 Å². The van der Waals surface area contributed by atoms with E-state index in [1.54, 1.807) is 18.3 Å². The molecule has 2 heterocycles. The monoisotopic (exact) mass is 392 g/mol. The van der Waals surface area contributed by atoms with Crippen molar-refractivity contribution in [2.24, 2.45) is 0 Å². The lowest BCUT2D eigenvalue weighted by Crippen LogP contribution is -2.19. The minimum atomic E-state index is -0.371. The number of nitrogens with one attached hydrogen (secondary N) is 1. The number of methoxy groups -OCH3 is 1. The highest BCUT2D eigenvalue weighted by molar-refractivity contribution is 7.98. The normalized spacial score (nSPS) is 10.9. The highest BCUT2D eigenvalue weighted by Gasteiger charge is 2.12. The third-order valence-corrected chi connectivity index (χ3v) is 5.14. The first-order valence-corrected chi connectivity index (χ1v) is 9.48. The first kappa shape index (κ1) is 18.0. The summed E-state index contributed by atoms with van der Waals surface area (Å²) in [6, 6.07) is 16.8. The number of rotatable bonds is 5. The van der Waals surface area contributed by atoms with Crippen molar-refractivity contribution in [2.45, 2.75) is 10.9 Å². The zero-order valence-electron chi connectivity index (χ0n) is 15.0. The highest BCUT2D eigenvalue weighted by atomic mass is 32.2. The van der Waals surface area contributed by atoms with E-state index in [9.17, 15) is 9.59 Å². The van der Waals surface area contributed by atoms with Crippen LogP contribution in [0.25, 0.3) is 16.8 Å². The van der Waals surface area contributed by atoms with Crippen LogP contribution in [0.5, 0.6) is 0 Å². The van der Waals surface area contributed by atoms with Crippen molar-refractivity contribution in [1.82, 2.24) is 19.6 Å². The Morgan fingerprint density at radius 2 is 1.89 bits per heavy atom. The summed E-state index contributed by atoms with van der Waals surface area (Å²) in [5, 5.41) is 4.65. The van der Waals surface area contributed by atoms with E-state index in [0.29, 0.717) is 22.1 Å². The summed E-state index contributed by atoms with van der Waals surface area (Å²) >= 11 is 1.41. The number of nitrogens with zero attached hydrogens (tertiary/aromatic N) is 3. The second-order valence-corrected chi connectivity index (χ2v) is 6.95. The number of thioether (sulfide) groups is 1. The van der Waals surface area contributed by atoms with Crippen molar-refractivity contribution in [3.05, 3.63) is 82.4 Å². The van der Waals surface area contributed by atoms with Gasteiger partial charge in [0.2, 0.25) is 0 Å². The van der Waals surface area contributed by atoms with Crippen molar-refractivity contribution in [2.75, 3.05) is 7.11 Å². The molecule has 2 aromatic heterocycles. The third-order valence-electron chi connectivity index (χ3n) is 4.19. The standard InChI is InChI=1S/C20H16N4O3S/c1-27-18(25)15-9-7-13(8-10-15)12-28-19-22-17-16(14-5-3-2-4-6-14)11-21-24(17)20(26)23-19/h2-11H,12H2,1H3,(H,22,23,26). The van der Waals surface area contributed by atoms with Crippen LogP contribution in [0.1, 0.15) is 15.9 Å². The number of aromatic nitrogens is 4. The van der Waals surface area contributed by atoms with Crippen molar-refractivity contribution in [3.63, 3.8) is 0 Å². The molecule has 0 fully saturated rings. The molecular formula is C20H16N4O3S. The van der Waals surface area contributed by atoms with Gasteiger partial charge in [-0.05, 0) is 23.3 Å². The smallest absolute Gasteiger partial charge is 0.350 e. The predicted molar refractivity (Wildman–Crippen MR) is 106 cm³/mol. The van der Waals surface area contributed by atoms with Gasteiger partial charge in [-0.15, -0.1) is 0 Å². The molecule has 0 unspecified atom stereocenters. The number of aromatic amines is 1. The van der Waals surface area contributed by atoms with Crippen LogP contribution in [0.3, 0.4) is 0 Å². The van der Waals surface area contributed by atoms with E-state index >= 15 is 0 Å². The minimum absolute atomic E-state index is 0.337. The average Bonchev–Trinajstić information content (AvgIpc) is 3.17. The molecule has 0 bridgehead atoms. The summed E-state index contributed by atoms with van der Waals surface area (Å²) in [7, 11) is 1.35. The molecule has 7 nitrogen and oxygen atoms in total. The van der Waals surface area contributed by atoms with Gasteiger partial charge in [-0.1, -0.05) is 54.2 Å². The van der Waals surface area contributed by atoms with Crippen LogP contribution in [0.15, 0.2) is 70.7 Å². The van der Waals surface area contributed by atoms with Crippen LogP contribution in [0.4, 0.5) is 0 Å². The van der Waals surface area contributed by atoms with Gasteiger partial charge in [0.1, 0.15) is 0 Å². The van der Waals surface area contributed by atoms with E-state index in [1.165, 1.54) is 23.4 Å². The molecule has 140 valence electrons. The molecule has 0 radical (unpaired) electrons. The first-order valence-electron chi connectivity index (χ1n) is 8.49. The van der Waals surface area contributed by atoms with E-state index in [4.69, 9.17) is 4.74 Å². The summed E-state index contributed by atoms with van der Waals surface area (Å²) in [6.45, 7) is 0. The molecular weight excluding hydrogens is 376 g/mol. The van der Waals surface area contributed by atoms with Crippen LogP contribution in [-0.4, -0.2) is 32.7 Å². The van der Waals surface area contributed by atoms with Crippen molar-refractivity contribution < 1.29 is 9.53 Å². The van der Waals surface area contributed by atoms with E-state index in [-0.39, 0.29) is 11.7 Å². The molecule has 0 amide bonds. The summed E-state index contributed by atoms with van der Waals surface area (Å²) in [6.07, 6.45) is 1.65. The zero-order valence-corrected chi connectivity index (χ0v) is 15.8. The Labute approximate surface area is 164 Å². The maximum Gasteiger partial charge on any atom is 0.350 e. The number of benzene rings is 2. The SMILES string of the molecule is COC(=O)c1ccc(CSc2nc3c(-c4ccccc4)cnn3c(=O)[nH]2)cc1. The molecule has 8 heteroatoms. The Morgan fingerprint density at radius 3 is 2.61 bits per heavy atom. The van der Waals surface area contributed by atoms with Crippen molar-refractivity contribution in [1.29, 1.82) is 0 Å². The zero-order chi connectivity index (χ0) is 19.5. The maximum atomic E-state index is 12.3. The average molecular weight is 392 g/mol. The van der Waals surface area contributed by atoms with Crippen molar-refractivity contribution in [3.8, 4) is 11.1 Å². The fourth-order valence-electron chi connectivity index (χ4n) is 2.76. The lowest BCUT2D eigenvalue weighted by atomic mass is 10.1. The molecule has 2 aromatic carbocycles. The second-order valence-electron chi connectivity index (χ2n) is 5.98. The predicted octanol–water partition coefficient (Wildman–Crippen LogP) is 3.16. The Morgan fingerprint density at radius 1 is 1.14 bits per heavy atom. The molecule has 28 heavy (non-hydrogen) atoms. The van der Waals surface area contributed by atoms with Crippen LogP contribution in [0.2, 0.25) is 0 Å². The molecule has 0 atom stereocenters. The number of ether oxygens (including phenoxy) is 1. The topological polar surface area (TPSA) is 89.3 Å². The molecule has 4 rings (SSSR count). The lowest BCUT2D eigenvalue weighted by Gasteiger charge is -2.04. The van der Waals surface area contributed by atoms with E-state index in [2.05, 4.69) is 15.1 Å². The lowest BCUT2D eigenvalue weighted by molar-refractivity contribution is 0.0600. The number of hydrogen-bond donors (Lipinski definition) is 1. The van der Waals surface area contributed by atoms with Gasteiger partial charge >= 0.3 is 11.7 Å². The van der Waals surface area contributed by atoms with Gasteiger partial charge in [0, 0.05) is 11.3 Å². The van der Waals surface area contributed by atoms with Crippen molar-refractivity contribution >= 4 is 23.4 Å². The van der Waals surface area contributed by atoms with Gasteiger partial charge in [-0.2, -0.15) is 9.61 Å². The number of esters is 1. The molecule has 1 N–H and O–H groups in total. The Hall–Kier alpha value is -3.39. The Balaban J connectivity index is 1.59. The fraction of sp³-hybridized carbons (Fsp3) is 0.100. The quantitative estimate of drug-likeness (QED) is 0.415. The molecule has 0 saturated carbocycles. The molecule has 0 aliphatic heterocycles. The first-order chi connectivity index (χ1) is 13.7. The Bertz CT molecular complexity index is 1180. The largest absolute Gasteiger partial charge is 0.465 e. The highest BCUT2D eigenvalue weighted by Crippen LogP contribution is 2.24. The minimum Gasteiger partial charge on any atom is -0.465 e. The second kappa shape index (κ2) is 7.69. The number of carbonyl (C=O) groups excluding carboxylic acids is 1. The van der Waals surface area contributed by atoms with Crippen LogP contribution in [0, 0.1) is 0 Å². The van der Waals surface area contributed by atoms with Crippen LogP contribution >= 0.6 is 11.8 Å². The van der Waals surface area contributed by atoms with E-state index in [0.717, 1.165) is 16.7 Å². The van der Waals surface area contributed by atoms with Gasteiger partial charge in [0.25, 0.3) is 0 Å². The summed E-state index contributed by atoms with van der Waals surface area (Å²) in [5.74, 6) is 0.222.